The summed E-state index contributed by atoms with van der Waals surface area (Å²) < 4.78 is 0. The summed E-state index contributed by atoms with van der Waals surface area (Å²) in [5.74, 6) is 0. The number of fused-ring (bicyclic) bond motifs is 1. The Hall–Kier alpha value is -2.61. The summed E-state index contributed by atoms with van der Waals surface area (Å²) in [5, 5.41) is 5.49. The monoisotopic (exact) mass is 260 g/mol. The molecule has 20 heavy (non-hydrogen) atoms. The topological polar surface area (TPSA) is 24.4 Å². The smallest absolute Gasteiger partial charge is 0.0451 e. The Bertz CT molecular complexity index is 730. The number of dihydropyridines is 1. The second-order valence-electron chi connectivity index (χ2n) is 4.70. The van der Waals surface area contributed by atoms with Gasteiger partial charge >= 0.3 is 0 Å². The van der Waals surface area contributed by atoms with Crippen LogP contribution in [0, 0.1) is 0 Å². The van der Waals surface area contributed by atoms with E-state index in [1.54, 1.807) is 0 Å². The van der Waals surface area contributed by atoms with E-state index in [2.05, 4.69) is 52.8 Å². The number of rotatable bonds is 2. The molecule has 0 fully saturated rings. The molecule has 0 saturated heterocycles. The first-order valence-electron chi connectivity index (χ1n) is 6.66. The lowest BCUT2D eigenvalue weighted by Crippen LogP contribution is -1.97. The van der Waals surface area contributed by atoms with Gasteiger partial charge in [-0.15, -0.1) is 0 Å². The second-order valence-corrected chi connectivity index (χ2v) is 4.70. The lowest BCUT2D eigenvalue weighted by Gasteiger charge is -2.06. The van der Waals surface area contributed by atoms with Crippen molar-refractivity contribution in [2.45, 2.75) is 6.92 Å². The zero-order valence-corrected chi connectivity index (χ0v) is 11.4. The lowest BCUT2D eigenvalue weighted by atomic mass is 10.0. The van der Waals surface area contributed by atoms with Crippen molar-refractivity contribution in [3.8, 4) is 0 Å². The van der Waals surface area contributed by atoms with Crippen molar-refractivity contribution in [2.75, 3.05) is 0 Å². The zero-order chi connectivity index (χ0) is 13.8. The maximum Gasteiger partial charge on any atom is 0.0451 e. The molecule has 0 amide bonds. The van der Waals surface area contributed by atoms with E-state index in [0.717, 1.165) is 11.3 Å². The highest BCUT2D eigenvalue weighted by atomic mass is 14.8. The van der Waals surface area contributed by atoms with Crippen molar-refractivity contribution in [3.63, 3.8) is 0 Å². The molecule has 0 unspecified atom stereocenters. The summed E-state index contributed by atoms with van der Waals surface area (Å²) in [6.07, 6.45) is 9.69. The van der Waals surface area contributed by atoms with Gasteiger partial charge in [0.05, 0.1) is 0 Å². The van der Waals surface area contributed by atoms with Gasteiger partial charge in [0.2, 0.25) is 0 Å². The number of nitrogens with one attached hydrogen (secondary N) is 1. The summed E-state index contributed by atoms with van der Waals surface area (Å²) in [6, 6.07) is 14.7. The van der Waals surface area contributed by atoms with Crippen molar-refractivity contribution in [1.29, 1.82) is 0 Å². The molecule has 2 aromatic carbocycles. The van der Waals surface area contributed by atoms with Crippen molar-refractivity contribution in [1.82, 2.24) is 5.32 Å². The Morgan fingerprint density at radius 3 is 2.60 bits per heavy atom. The zero-order valence-electron chi connectivity index (χ0n) is 11.4. The van der Waals surface area contributed by atoms with Gasteiger partial charge in [-0.1, -0.05) is 42.5 Å². The molecule has 2 aromatic rings. The lowest BCUT2D eigenvalue weighted by molar-refractivity contribution is 1.16. The van der Waals surface area contributed by atoms with Gasteiger partial charge in [-0.05, 0) is 35.4 Å². The second kappa shape index (κ2) is 5.57. The van der Waals surface area contributed by atoms with Gasteiger partial charge < -0.3 is 5.32 Å². The molecule has 98 valence electrons. The molecule has 0 atom stereocenters. The molecule has 2 heteroatoms. The predicted molar refractivity (Wildman–Crippen MR) is 85.7 cm³/mol. The highest BCUT2D eigenvalue weighted by Crippen LogP contribution is 2.19. The van der Waals surface area contributed by atoms with Gasteiger partial charge in [0.25, 0.3) is 0 Å². The number of benzene rings is 2. The van der Waals surface area contributed by atoms with E-state index in [4.69, 9.17) is 0 Å². The van der Waals surface area contributed by atoms with Crippen LogP contribution in [0.3, 0.4) is 0 Å². The number of hydrogen-bond acceptors (Lipinski definition) is 2. The molecule has 0 aliphatic carbocycles. The van der Waals surface area contributed by atoms with Gasteiger partial charge in [-0.3, -0.25) is 4.99 Å². The predicted octanol–water partition coefficient (Wildman–Crippen LogP) is 4.16. The average molecular weight is 260 g/mol. The van der Waals surface area contributed by atoms with Crippen LogP contribution in [0.4, 0.5) is 0 Å². The molecule has 1 heterocycles. The van der Waals surface area contributed by atoms with Crippen LogP contribution >= 0.6 is 0 Å². The molecule has 0 radical (unpaired) electrons. The van der Waals surface area contributed by atoms with E-state index in [1.807, 2.05) is 37.7 Å². The molecule has 1 aliphatic heterocycles. The maximum atomic E-state index is 4.59. The summed E-state index contributed by atoms with van der Waals surface area (Å²) in [5.41, 5.74) is 3.29. The summed E-state index contributed by atoms with van der Waals surface area (Å²) in [4.78, 5) is 4.59. The van der Waals surface area contributed by atoms with Crippen LogP contribution in [0.5, 0.6) is 0 Å². The van der Waals surface area contributed by atoms with Gasteiger partial charge in [0, 0.05) is 29.9 Å². The van der Waals surface area contributed by atoms with Crippen LogP contribution in [0.15, 0.2) is 83.8 Å². The molecule has 0 aromatic heterocycles. The third-order valence-electron chi connectivity index (χ3n) is 3.33. The van der Waals surface area contributed by atoms with Gasteiger partial charge in [-0.25, -0.2) is 0 Å². The molecular formula is C18H16N2. The SMILES string of the molecule is CC(=NC=C1C=CNC=C1)c1cccc2ccccc12. The standard InChI is InChI=1S/C18H16N2/c1-14(20-13-15-9-11-19-12-10-15)17-8-4-6-16-5-2-3-7-18(16)17/h2-13,19H,1H3. The van der Waals surface area contributed by atoms with Crippen molar-refractivity contribution in [2.24, 2.45) is 4.99 Å². The molecule has 0 saturated carbocycles. The van der Waals surface area contributed by atoms with E-state index in [9.17, 15) is 0 Å². The van der Waals surface area contributed by atoms with E-state index in [0.29, 0.717) is 0 Å². The number of aliphatic imine (C=N–C) groups is 1. The van der Waals surface area contributed by atoms with Crippen molar-refractivity contribution >= 4 is 16.5 Å². The highest BCUT2D eigenvalue weighted by molar-refractivity contribution is 6.09. The third-order valence-corrected chi connectivity index (χ3v) is 3.33. The summed E-state index contributed by atoms with van der Waals surface area (Å²) in [7, 11) is 0. The Labute approximate surface area is 118 Å². The Morgan fingerprint density at radius 2 is 1.75 bits per heavy atom. The largest absolute Gasteiger partial charge is 0.368 e. The first-order chi connectivity index (χ1) is 9.84. The van der Waals surface area contributed by atoms with E-state index in [-0.39, 0.29) is 0 Å². The first-order valence-corrected chi connectivity index (χ1v) is 6.66. The molecular weight excluding hydrogens is 244 g/mol. The van der Waals surface area contributed by atoms with Gasteiger partial charge in [-0.2, -0.15) is 0 Å². The Balaban J connectivity index is 2.00. The van der Waals surface area contributed by atoms with Crippen molar-refractivity contribution in [3.05, 3.63) is 84.4 Å². The normalized spacial score (nSPS) is 14.4. The minimum absolute atomic E-state index is 1.02. The van der Waals surface area contributed by atoms with Gasteiger partial charge in [0.15, 0.2) is 0 Å². The maximum absolute atomic E-state index is 4.59. The molecule has 3 rings (SSSR count). The third kappa shape index (κ3) is 2.54. The Kier molecular flexibility index (Phi) is 3.46. The van der Waals surface area contributed by atoms with Gasteiger partial charge in [0.1, 0.15) is 0 Å². The summed E-state index contributed by atoms with van der Waals surface area (Å²) in [6.45, 7) is 2.05. The van der Waals surface area contributed by atoms with Crippen LogP contribution in [0.2, 0.25) is 0 Å². The molecule has 0 bridgehead atoms. The quantitative estimate of drug-likeness (QED) is 0.805. The fourth-order valence-corrected chi connectivity index (χ4v) is 2.27. The van der Waals surface area contributed by atoms with Crippen LogP contribution in [-0.2, 0) is 0 Å². The van der Waals surface area contributed by atoms with Crippen LogP contribution < -0.4 is 5.32 Å². The molecule has 1 aliphatic rings. The van der Waals surface area contributed by atoms with Crippen molar-refractivity contribution < 1.29 is 0 Å². The fourth-order valence-electron chi connectivity index (χ4n) is 2.27. The first kappa shape index (κ1) is 12.4. The van der Waals surface area contributed by atoms with Crippen LogP contribution in [0.1, 0.15) is 12.5 Å². The van der Waals surface area contributed by atoms with E-state index in [1.165, 1.54) is 16.3 Å². The van der Waals surface area contributed by atoms with E-state index < -0.39 is 0 Å². The highest BCUT2D eigenvalue weighted by Gasteiger charge is 2.02. The Morgan fingerprint density at radius 1 is 1.00 bits per heavy atom. The minimum Gasteiger partial charge on any atom is -0.368 e. The van der Waals surface area contributed by atoms with Crippen LogP contribution in [-0.4, -0.2) is 5.71 Å². The fraction of sp³-hybridized carbons (Fsp3) is 0.0556. The number of allylic oxidation sites excluding steroid dienone is 3. The molecule has 0 spiro atoms. The van der Waals surface area contributed by atoms with E-state index >= 15 is 0 Å². The number of hydrogen-bond donors (Lipinski definition) is 1. The van der Waals surface area contributed by atoms with Crippen LogP contribution in [0.25, 0.3) is 10.8 Å². The average Bonchev–Trinajstić information content (AvgIpc) is 2.53. The number of nitrogens with zero attached hydrogens (tertiary/aromatic N) is 1. The molecule has 1 N–H and O–H groups in total. The minimum atomic E-state index is 1.02. The summed E-state index contributed by atoms with van der Waals surface area (Å²) >= 11 is 0. The molecule has 2 nitrogen and oxygen atoms in total.